The third kappa shape index (κ3) is 4.65. The molecule has 0 aliphatic carbocycles. The molecular formula is C23H30N2O3. The van der Waals surface area contributed by atoms with Crippen LogP contribution in [0.25, 0.3) is 0 Å². The molecule has 1 fully saturated rings. The maximum atomic E-state index is 12.8. The third-order valence-corrected chi connectivity index (χ3v) is 5.47. The molecular weight excluding hydrogens is 352 g/mol. The normalized spacial score (nSPS) is 16.8. The van der Waals surface area contributed by atoms with Gasteiger partial charge in [-0.15, -0.1) is 0 Å². The van der Waals surface area contributed by atoms with E-state index < -0.39 is 0 Å². The van der Waals surface area contributed by atoms with Crippen molar-refractivity contribution in [3.05, 3.63) is 59.2 Å². The number of methoxy groups -OCH3 is 2. The number of ether oxygens (including phenoxy) is 2. The number of carbonyl (C=O) groups excluding carboxylic acids is 1. The Kier molecular flexibility index (Phi) is 6.57. The van der Waals surface area contributed by atoms with Crippen LogP contribution in [0.1, 0.15) is 35.6 Å². The van der Waals surface area contributed by atoms with Gasteiger partial charge in [0.2, 0.25) is 5.91 Å². The van der Waals surface area contributed by atoms with E-state index in [1.165, 1.54) is 5.56 Å². The van der Waals surface area contributed by atoms with E-state index in [1.54, 1.807) is 14.2 Å². The highest BCUT2D eigenvalue weighted by Gasteiger charge is 2.30. The quantitative estimate of drug-likeness (QED) is 0.730. The van der Waals surface area contributed by atoms with Crippen molar-refractivity contribution in [1.29, 1.82) is 0 Å². The lowest BCUT2D eigenvalue weighted by Gasteiger charge is -2.28. The molecule has 0 radical (unpaired) electrons. The monoisotopic (exact) mass is 382 g/mol. The summed E-state index contributed by atoms with van der Waals surface area (Å²) < 4.78 is 10.9. The molecule has 1 atom stereocenters. The first-order valence-corrected chi connectivity index (χ1v) is 9.77. The zero-order valence-corrected chi connectivity index (χ0v) is 17.3. The number of rotatable bonds is 7. The van der Waals surface area contributed by atoms with Crippen molar-refractivity contribution in [1.82, 2.24) is 9.80 Å². The molecule has 0 aromatic heterocycles. The van der Waals surface area contributed by atoms with Gasteiger partial charge in [0.1, 0.15) is 11.5 Å². The van der Waals surface area contributed by atoms with E-state index >= 15 is 0 Å². The fourth-order valence-corrected chi connectivity index (χ4v) is 3.81. The van der Waals surface area contributed by atoms with E-state index in [4.69, 9.17) is 9.47 Å². The molecule has 0 N–H and O–H groups in total. The number of hydrogen-bond donors (Lipinski definition) is 0. The van der Waals surface area contributed by atoms with Gasteiger partial charge in [-0.05, 0) is 37.9 Å². The van der Waals surface area contributed by atoms with Gasteiger partial charge in [-0.3, -0.25) is 9.69 Å². The number of amides is 1. The van der Waals surface area contributed by atoms with Crippen molar-refractivity contribution in [3.63, 3.8) is 0 Å². The second-order valence-electron chi connectivity index (χ2n) is 7.47. The van der Waals surface area contributed by atoms with E-state index in [0.29, 0.717) is 13.1 Å². The van der Waals surface area contributed by atoms with Crippen LogP contribution in [0.5, 0.6) is 11.5 Å². The van der Waals surface area contributed by atoms with Gasteiger partial charge < -0.3 is 14.4 Å². The molecule has 1 amide bonds. The minimum absolute atomic E-state index is 0.139. The van der Waals surface area contributed by atoms with E-state index in [2.05, 4.69) is 42.2 Å². The Hall–Kier alpha value is -2.53. The Morgan fingerprint density at radius 3 is 2.57 bits per heavy atom. The molecule has 5 nitrogen and oxygen atoms in total. The van der Waals surface area contributed by atoms with Crippen molar-refractivity contribution in [2.75, 3.05) is 34.4 Å². The van der Waals surface area contributed by atoms with Crippen LogP contribution in [0.2, 0.25) is 0 Å². The van der Waals surface area contributed by atoms with Gasteiger partial charge in [0.15, 0.2) is 0 Å². The molecule has 28 heavy (non-hydrogen) atoms. The molecule has 0 unspecified atom stereocenters. The number of likely N-dealkylation sites (N-methyl/N-ethyl adjacent to an activating group) is 1. The molecule has 2 aromatic carbocycles. The van der Waals surface area contributed by atoms with Crippen LogP contribution in [0, 0.1) is 6.92 Å². The molecule has 1 aliphatic heterocycles. The molecule has 0 bridgehead atoms. The van der Waals surface area contributed by atoms with Crippen LogP contribution in [0.15, 0.2) is 42.5 Å². The first-order chi connectivity index (χ1) is 13.5. The summed E-state index contributed by atoms with van der Waals surface area (Å²) in [6.45, 7) is 4.04. The van der Waals surface area contributed by atoms with Gasteiger partial charge in [0, 0.05) is 31.3 Å². The van der Waals surface area contributed by atoms with Crippen molar-refractivity contribution in [2.24, 2.45) is 0 Å². The molecule has 0 spiro atoms. The molecule has 5 heteroatoms. The van der Waals surface area contributed by atoms with Gasteiger partial charge in [0.05, 0.1) is 20.8 Å². The number of carbonyl (C=O) groups is 1. The van der Waals surface area contributed by atoms with Crippen molar-refractivity contribution >= 4 is 5.91 Å². The average molecular weight is 383 g/mol. The number of hydrogen-bond acceptors (Lipinski definition) is 4. The molecule has 0 saturated carbocycles. The first-order valence-electron chi connectivity index (χ1n) is 9.77. The first kappa shape index (κ1) is 20.2. The molecule has 3 rings (SSSR count). The van der Waals surface area contributed by atoms with Gasteiger partial charge in [-0.2, -0.15) is 0 Å². The van der Waals surface area contributed by atoms with E-state index in [0.717, 1.165) is 42.0 Å². The maximum absolute atomic E-state index is 12.8. The van der Waals surface area contributed by atoms with Gasteiger partial charge in [0.25, 0.3) is 0 Å². The summed E-state index contributed by atoms with van der Waals surface area (Å²) in [6.07, 6.45) is 2.10. The third-order valence-electron chi connectivity index (χ3n) is 5.47. The fraction of sp³-hybridized carbons (Fsp3) is 0.435. The van der Waals surface area contributed by atoms with Crippen molar-refractivity contribution in [2.45, 2.75) is 32.4 Å². The minimum atomic E-state index is 0.139. The van der Waals surface area contributed by atoms with Crippen LogP contribution in [0.3, 0.4) is 0 Å². The zero-order valence-electron chi connectivity index (χ0n) is 17.3. The lowest BCUT2D eigenvalue weighted by molar-refractivity contribution is -0.131. The standard InChI is InChI=1S/C23H30N2O3/c1-17-7-9-18(10-8-17)15-24(2)23(26)16-25-13-5-6-21(25)20-12-11-19(27-3)14-22(20)28-4/h7-12,14,21H,5-6,13,15-16H2,1-4H3/t21-/m0/s1. The van der Waals surface area contributed by atoms with Crippen LogP contribution in [-0.4, -0.2) is 50.1 Å². The van der Waals surface area contributed by atoms with Crippen LogP contribution >= 0.6 is 0 Å². The van der Waals surface area contributed by atoms with Crippen molar-refractivity contribution < 1.29 is 14.3 Å². The molecule has 2 aromatic rings. The molecule has 1 saturated heterocycles. The molecule has 150 valence electrons. The smallest absolute Gasteiger partial charge is 0.236 e. The number of aryl methyl sites for hydroxylation is 1. The van der Waals surface area contributed by atoms with Crippen molar-refractivity contribution in [3.8, 4) is 11.5 Å². The Morgan fingerprint density at radius 1 is 1.14 bits per heavy atom. The highest BCUT2D eigenvalue weighted by Crippen LogP contribution is 2.38. The summed E-state index contributed by atoms with van der Waals surface area (Å²) in [4.78, 5) is 16.9. The minimum Gasteiger partial charge on any atom is -0.497 e. The van der Waals surface area contributed by atoms with Gasteiger partial charge in [-0.25, -0.2) is 0 Å². The summed E-state index contributed by atoms with van der Waals surface area (Å²) in [5.74, 6) is 1.73. The summed E-state index contributed by atoms with van der Waals surface area (Å²) in [5, 5.41) is 0. The summed E-state index contributed by atoms with van der Waals surface area (Å²) in [7, 11) is 5.21. The Labute approximate surface area is 167 Å². The largest absolute Gasteiger partial charge is 0.497 e. The van der Waals surface area contributed by atoms with E-state index in [1.807, 2.05) is 24.1 Å². The predicted molar refractivity (Wildman–Crippen MR) is 111 cm³/mol. The lowest BCUT2D eigenvalue weighted by atomic mass is 10.0. The topological polar surface area (TPSA) is 42.0 Å². The SMILES string of the molecule is COc1ccc([C@@H]2CCCN2CC(=O)N(C)Cc2ccc(C)cc2)c(OC)c1. The predicted octanol–water partition coefficient (Wildman–Crippen LogP) is 3.81. The second-order valence-corrected chi connectivity index (χ2v) is 7.47. The van der Waals surface area contributed by atoms with Crippen LogP contribution in [-0.2, 0) is 11.3 Å². The highest BCUT2D eigenvalue weighted by molar-refractivity contribution is 5.78. The number of likely N-dealkylation sites (tertiary alicyclic amines) is 1. The lowest BCUT2D eigenvalue weighted by Crippen LogP contribution is -2.37. The van der Waals surface area contributed by atoms with E-state index in [9.17, 15) is 4.79 Å². The number of benzene rings is 2. The Balaban J connectivity index is 1.67. The Bertz CT molecular complexity index is 804. The van der Waals surface area contributed by atoms with Crippen LogP contribution in [0.4, 0.5) is 0 Å². The van der Waals surface area contributed by atoms with Gasteiger partial charge in [-0.1, -0.05) is 35.9 Å². The average Bonchev–Trinajstić information content (AvgIpc) is 3.16. The fourth-order valence-electron chi connectivity index (χ4n) is 3.81. The second kappa shape index (κ2) is 9.11. The highest BCUT2D eigenvalue weighted by atomic mass is 16.5. The van der Waals surface area contributed by atoms with Gasteiger partial charge >= 0.3 is 0 Å². The zero-order chi connectivity index (χ0) is 20.1. The number of nitrogens with zero attached hydrogens (tertiary/aromatic N) is 2. The summed E-state index contributed by atoms with van der Waals surface area (Å²) in [6, 6.07) is 14.5. The summed E-state index contributed by atoms with van der Waals surface area (Å²) >= 11 is 0. The molecule has 1 heterocycles. The molecule has 1 aliphatic rings. The van der Waals surface area contributed by atoms with E-state index in [-0.39, 0.29) is 11.9 Å². The maximum Gasteiger partial charge on any atom is 0.236 e. The van der Waals surface area contributed by atoms with Crippen LogP contribution < -0.4 is 9.47 Å². The Morgan fingerprint density at radius 2 is 1.89 bits per heavy atom. The summed E-state index contributed by atoms with van der Waals surface area (Å²) in [5.41, 5.74) is 3.50.